The molecule has 2 rings (SSSR count). The highest BCUT2D eigenvalue weighted by Gasteiger charge is 2.50. The molecule has 0 fully saturated rings. The molecule has 30 heavy (non-hydrogen) atoms. The van der Waals surface area contributed by atoms with Crippen LogP contribution in [0.1, 0.15) is 34.1 Å². The van der Waals surface area contributed by atoms with Crippen molar-refractivity contribution in [3.63, 3.8) is 0 Å². The first-order valence-electron chi connectivity index (χ1n) is 10.3. The van der Waals surface area contributed by atoms with Crippen LogP contribution in [0.2, 0.25) is 5.04 Å². The van der Waals surface area contributed by atoms with Crippen LogP contribution in [0.4, 0.5) is 0 Å². The van der Waals surface area contributed by atoms with Crippen LogP contribution in [0.25, 0.3) is 0 Å². The van der Waals surface area contributed by atoms with Crippen molar-refractivity contribution >= 4 is 26.3 Å². The fraction of sp³-hybridized carbons (Fsp3) is 0.417. The quantitative estimate of drug-likeness (QED) is 0.279. The van der Waals surface area contributed by atoms with Crippen LogP contribution in [0.3, 0.4) is 0 Å². The first-order valence-corrected chi connectivity index (χ1v) is 13.9. The Labute approximate surface area is 182 Å². The van der Waals surface area contributed by atoms with E-state index in [1.807, 2.05) is 12.1 Å². The highest BCUT2D eigenvalue weighted by molar-refractivity contribution is 7.53. The van der Waals surface area contributed by atoms with E-state index in [0.717, 1.165) is 5.57 Å². The number of hydrogen-bond donors (Lipinski definition) is 0. The summed E-state index contributed by atoms with van der Waals surface area (Å²) in [4.78, 5) is 0. The zero-order chi connectivity index (χ0) is 22.3. The lowest BCUT2D eigenvalue weighted by Crippen LogP contribution is -2.66. The Morgan fingerprint density at radius 2 is 1.40 bits per heavy atom. The number of allylic oxidation sites excluding steroid dienone is 1. The van der Waals surface area contributed by atoms with Gasteiger partial charge in [0.15, 0.2) is 0 Å². The molecular weight excluding hydrogens is 411 g/mol. The Morgan fingerprint density at radius 3 is 1.80 bits per heavy atom. The van der Waals surface area contributed by atoms with Gasteiger partial charge in [0.05, 0.1) is 12.8 Å². The number of benzene rings is 2. The minimum Gasteiger partial charge on any atom is -0.403 e. The van der Waals surface area contributed by atoms with E-state index in [9.17, 15) is 4.57 Å². The molecule has 0 aliphatic rings. The lowest BCUT2D eigenvalue weighted by molar-refractivity contribution is 0.276. The third-order valence-electron chi connectivity index (χ3n) is 5.39. The molecule has 0 aromatic heterocycles. The molecule has 4 nitrogen and oxygen atoms in total. The van der Waals surface area contributed by atoms with Gasteiger partial charge in [0.1, 0.15) is 0 Å². The molecule has 0 N–H and O–H groups in total. The Bertz CT molecular complexity index is 812. The SMILES string of the molecule is COP(=O)(CC/C=C(\C)CO[Si](c1ccccc1)(c1ccccc1)C(C)(C)C)OC. The highest BCUT2D eigenvalue weighted by atomic mass is 31.2. The van der Waals surface area contributed by atoms with E-state index >= 15 is 0 Å². The first kappa shape index (κ1) is 24.8. The molecule has 0 bridgehead atoms. The number of hydrogen-bond acceptors (Lipinski definition) is 4. The lowest BCUT2D eigenvalue weighted by atomic mass is 10.2. The first-order chi connectivity index (χ1) is 14.2. The predicted molar refractivity (Wildman–Crippen MR) is 128 cm³/mol. The molecule has 6 heteroatoms. The normalized spacial score (nSPS) is 13.5. The molecule has 0 radical (unpaired) electrons. The van der Waals surface area contributed by atoms with E-state index in [2.05, 4.69) is 82.3 Å². The van der Waals surface area contributed by atoms with Gasteiger partial charge < -0.3 is 13.5 Å². The van der Waals surface area contributed by atoms with E-state index in [-0.39, 0.29) is 5.04 Å². The van der Waals surface area contributed by atoms with Gasteiger partial charge in [-0.25, -0.2) is 0 Å². The van der Waals surface area contributed by atoms with Gasteiger partial charge in [-0.15, -0.1) is 0 Å². The third kappa shape index (κ3) is 5.80. The van der Waals surface area contributed by atoms with Gasteiger partial charge in [-0.2, -0.15) is 0 Å². The minimum absolute atomic E-state index is 0.0577. The fourth-order valence-corrected chi connectivity index (χ4v) is 9.33. The van der Waals surface area contributed by atoms with Crippen LogP contribution in [-0.4, -0.2) is 35.3 Å². The van der Waals surface area contributed by atoms with Gasteiger partial charge in [0.25, 0.3) is 8.32 Å². The molecule has 0 amide bonds. The van der Waals surface area contributed by atoms with Crippen LogP contribution >= 0.6 is 7.60 Å². The van der Waals surface area contributed by atoms with Crippen LogP contribution in [-0.2, 0) is 18.0 Å². The monoisotopic (exact) mass is 446 g/mol. The van der Waals surface area contributed by atoms with Crippen molar-refractivity contribution in [1.82, 2.24) is 0 Å². The van der Waals surface area contributed by atoms with E-state index in [1.165, 1.54) is 24.6 Å². The Balaban J connectivity index is 2.33. The lowest BCUT2D eigenvalue weighted by Gasteiger charge is -2.43. The van der Waals surface area contributed by atoms with Crippen molar-refractivity contribution in [2.75, 3.05) is 27.0 Å². The van der Waals surface area contributed by atoms with E-state index in [4.69, 9.17) is 13.5 Å². The molecule has 0 heterocycles. The summed E-state index contributed by atoms with van der Waals surface area (Å²) >= 11 is 0. The maximum atomic E-state index is 12.3. The molecule has 0 aliphatic carbocycles. The summed E-state index contributed by atoms with van der Waals surface area (Å²) in [6.45, 7) is 9.39. The summed E-state index contributed by atoms with van der Waals surface area (Å²) in [5.74, 6) is 0. The summed E-state index contributed by atoms with van der Waals surface area (Å²) < 4.78 is 29.2. The molecule has 0 unspecified atom stereocenters. The van der Waals surface area contributed by atoms with E-state index in [0.29, 0.717) is 19.2 Å². The maximum absolute atomic E-state index is 12.3. The summed E-state index contributed by atoms with van der Waals surface area (Å²) in [5.41, 5.74) is 1.11. The minimum atomic E-state index is -2.99. The summed E-state index contributed by atoms with van der Waals surface area (Å²) in [7, 11) is -2.69. The van der Waals surface area contributed by atoms with Crippen molar-refractivity contribution in [1.29, 1.82) is 0 Å². The average Bonchev–Trinajstić information content (AvgIpc) is 2.74. The zero-order valence-electron chi connectivity index (χ0n) is 19.1. The second-order valence-corrected chi connectivity index (χ2v) is 15.2. The van der Waals surface area contributed by atoms with Crippen molar-refractivity contribution < 1.29 is 18.0 Å². The zero-order valence-corrected chi connectivity index (χ0v) is 20.9. The van der Waals surface area contributed by atoms with Gasteiger partial charge >= 0.3 is 7.60 Å². The van der Waals surface area contributed by atoms with Crippen molar-refractivity contribution in [2.24, 2.45) is 0 Å². The molecule has 0 spiro atoms. The van der Waals surface area contributed by atoms with Gasteiger partial charge in [0, 0.05) is 14.2 Å². The van der Waals surface area contributed by atoms with Crippen molar-refractivity contribution in [3.8, 4) is 0 Å². The largest absolute Gasteiger partial charge is 0.403 e. The Kier molecular flexibility index (Phi) is 8.83. The van der Waals surface area contributed by atoms with Crippen LogP contribution < -0.4 is 10.4 Å². The van der Waals surface area contributed by atoms with Crippen molar-refractivity contribution in [2.45, 2.75) is 39.2 Å². The van der Waals surface area contributed by atoms with Crippen LogP contribution in [0.15, 0.2) is 72.3 Å². The molecule has 164 valence electrons. The molecule has 0 saturated carbocycles. The molecule has 0 atom stereocenters. The average molecular weight is 447 g/mol. The molecule has 2 aromatic carbocycles. The molecule has 0 aliphatic heterocycles. The second-order valence-electron chi connectivity index (χ2n) is 8.49. The highest BCUT2D eigenvalue weighted by Crippen LogP contribution is 2.46. The third-order valence-corrected chi connectivity index (χ3v) is 12.3. The Morgan fingerprint density at radius 1 is 0.933 bits per heavy atom. The predicted octanol–water partition coefficient (Wildman–Crippen LogP) is 5.39. The maximum Gasteiger partial charge on any atom is 0.330 e. The van der Waals surface area contributed by atoms with Crippen LogP contribution in [0.5, 0.6) is 0 Å². The van der Waals surface area contributed by atoms with Gasteiger partial charge in [-0.1, -0.05) is 93.1 Å². The van der Waals surface area contributed by atoms with Gasteiger partial charge in [0.2, 0.25) is 0 Å². The Hall–Kier alpha value is -1.49. The van der Waals surface area contributed by atoms with Crippen LogP contribution in [0, 0.1) is 0 Å². The second kappa shape index (κ2) is 10.7. The topological polar surface area (TPSA) is 44.8 Å². The molecular formula is C24H35O4PSi. The standard InChI is InChI=1S/C24H35O4PSi/c1-21(14-13-19-29(25,26-5)27-6)20-28-30(24(2,3)4,22-15-9-7-10-16-22)23-17-11-8-12-18-23/h7-12,14-18H,13,19-20H2,1-6H3/b21-14+. The fourth-order valence-electron chi connectivity index (χ4n) is 3.77. The molecule has 2 aromatic rings. The van der Waals surface area contributed by atoms with Gasteiger partial charge in [-0.05, 0) is 28.8 Å². The van der Waals surface area contributed by atoms with E-state index < -0.39 is 15.9 Å². The smallest absolute Gasteiger partial charge is 0.330 e. The summed E-state index contributed by atoms with van der Waals surface area (Å²) in [5, 5.41) is 2.47. The number of rotatable bonds is 10. The van der Waals surface area contributed by atoms with Crippen molar-refractivity contribution in [3.05, 3.63) is 72.3 Å². The van der Waals surface area contributed by atoms with E-state index in [1.54, 1.807) is 0 Å². The summed E-state index contributed by atoms with van der Waals surface area (Å²) in [6, 6.07) is 21.2. The van der Waals surface area contributed by atoms with Gasteiger partial charge in [-0.3, -0.25) is 4.57 Å². The summed E-state index contributed by atoms with van der Waals surface area (Å²) in [6.07, 6.45) is 3.05. The molecule has 0 saturated heterocycles.